The van der Waals surface area contributed by atoms with Gasteiger partial charge in [-0.25, -0.2) is 9.18 Å². The van der Waals surface area contributed by atoms with E-state index in [0.717, 1.165) is 12.0 Å². The number of carboxylic acids is 1. The van der Waals surface area contributed by atoms with Crippen molar-refractivity contribution >= 4 is 17.8 Å². The molecule has 2 amide bonds. The molecule has 1 heterocycles. The number of carbonyl (C=O) groups is 3. The average molecular weight is 472 g/mol. The monoisotopic (exact) mass is 471 g/mol. The number of aliphatic carboxylic acids is 1. The molecule has 2 aromatic rings. The first-order valence-corrected chi connectivity index (χ1v) is 11.3. The summed E-state index contributed by atoms with van der Waals surface area (Å²) in [4.78, 5) is 38.0. The van der Waals surface area contributed by atoms with E-state index in [1.807, 2.05) is 0 Å². The van der Waals surface area contributed by atoms with Crippen LogP contribution in [0.1, 0.15) is 37.3 Å². The summed E-state index contributed by atoms with van der Waals surface area (Å²) in [5.74, 6) is -1.44. The lowest BCUT2D eigenvalue weighted by Crippen LogP contribution is -2.47. The second-order valence-electron chi connectivity index (χ2n) is 8.46. The maximum Gasteiger partial charge on any atom is 0.344 e. The van der Waals surface area contributed by atoms with E-state index in [2.05, 4.69) is 5.32 Å². The summed E-state index contributed by atoms with van der Waals surface area (Å²) in [6.07, 6.45) is 0.610. The molecule has 0 aliphatic carbocycles. The van der Waals surface area contributed by atoms with Crippen molar-refractivity contribution in [2.24, 2.45) is 5.73 Å². The van der Waals surface area contributed by atoms with Crippen LogP contribution in [0, 0.1) is 5.82 Å². The van der Waals surface area contributed by atoms with Gasteiger partial charge in [-0.15, -0.1) is 0 Å². The van der Waals surface area contributed by atoms with Crippen LogP contribution in [0.25, 0.3) is 0 Å². The molecular weight excluding hydrogens is 441 g/mol. The molecule has 0 saturated carbocycles. The van der Waals surface area contributed by atoms with E-state index in [-0.39, 0.29) is 37.0 Å². The molecule has 0 aromatic heterocycles. The molecule has 1 saturated heterocycles. The summed E-state index contributed by atoms with van der Waals surface area (Å²) < 4.78 is 19.1. The normalized spacial score (nSPS) is 17.1. The number of ether oxygens (including phenoxy) is 1. The largest absolute Gasteiger partial charge is 0.479 e. The van der Waals surface area contributed by atoms with Crippen LogP contribution in [-0.2, 0) is 27.3 Å². The number of rotatable bonds is 10. The maximum atomic E-state index is 13.9. The number of nitrogens with one attached hydrogen (secondary N) is 1. The molecule has 3 rings (SSSR count). The predicted molar refractivity (Wildman–Crippen MR) is 123 cm³/mol. The molecular formula is C25H30FN3O5. The van der Waals surface area contributed by atoms with Crippen LogP contribution < -0.4 is 15.8 Å². The van der Waals surface area contributed by atoms with Gasteiger partial charge in [0, 0.05) is 25.6 Å². The number of hydrogen-bond acceptors (Lipinski definition) is 5. The van der Waals surface area contributed by atoms with Gasteiger partial charge in [0.05, 0.1) is 0 Å². The molecule has 0 radical (unpaired) electrons. The van der Waals surface area contributed by atoms with E-state index in [1.54, 1.807) is 47.4 Å². The summed E-state index contributed by atoms with van der Waals surface area (Å²) in [7, 11) is 0. The Balaban J connectivity index is 1.50. The zero-order chi connectivity index (χ0) is 24.7. The number of carboxylic acid groups (broad SMARTS) is 1. The first-order valence-electron chi connectivity index (χ1n) is 11.3. The third kappa shape index (κ3) is 6.77. The Morgan fingerprint density at radius 1 is 1.21 bits per heavy atom. The van der Waals surface area contributed by atoms with Crippen molar-refractivity contribution < 1.29 is 28.6 Å². The molecule has 3 atom stereocenters. The topological polar surface area (TPSA) is 122 Å². The fourth-order valence-corrected chi connectivity index (χ4v) is 3.95. The van der Waals surface area contributed by atoms with Crippen LogP contribution in [0.3, 0.4) is 0 Å². The Morgan fingerprint density at radius 3 is 2.59 bits per heavy atom. The first kappa shape index (κ1) is 25.2. The van der Waals surface area contributed by atoms with E-state index in [0.29, 0.717) is 24.3 Å². The van der Waals surface area contributed by atoms with E-state index in [9.17, 15) is 18.8 Å². The molecule has 182 valence electrons. The Morgan fingerprint density at radius 2 is 1.91 bits per heavy atom. The van der Waals surface area contributed by atoms with E-state index < -0.39 is 24.2 Å². The molecule has 2 aromatic carbocycles. The number of amides is 2. The molecule has 8 nitrogen and oxygen atoms in total. The number of halogens is 1. The zero-order valence-electron chi connectivity index (χ0n) is 19.1. The first-order chi connectivity index (χ1) is 16.2. The third-order valence-electron chi connectivity index (χ3n) is 5.80. The molecule has 34 heavy (non-hydrogen) atoms. The second kappa shape index (κ2) is 11.6. The number of likely N-dealkylation sites (tertiary alicyclic amines) is 1. The minimum atomic E-state index is -1.06. The lowest BCUT2D eigenvalue weighted by Gasteiger charge is -2.25. The maximum absolute atomic E-state index is 13.9. The highest BCUT2D eigenvalue weighted by Gasteiger charge is 2.34. The van der Waals surface area contributed by atoms with Crippen LogP contribution in [0.2, 0.25) is 0 Å². The molecule has 4 N–H and O–H groups in total. The SMILES string of the molecule is CC(Oc1ccc(CNC(=O)[C@@H]2CCCN2C(=O)CC(N)Cc2ccccc2F)cc1)C(=O)O. The van der Waals surface area contributed by atoms with Gasteiger partial charge in [0.2, 0.25) is 11.8 Å². The number of nitrogens with two attached hydrogens (primary N) is 1. The fraction of sp³-hybridized carbons (Fsp3) is 0.400. The summed E-state index contributed by atoms with van der Waals surface area (Å²) in [5.41, 5.74) is 7.38. The van der Waals surface area contributed by atoms with Crippen LogP contribution in [-0.4, -0.2) is 52.5 Å². The summed E-state index contributed by atoms with van der Waals surface area (Å²) in [6.45, 7) is 2.19. The number of nitrogens with zero attached hydrogens (tertiary/aromatic N) is 1. The average Bonchev–Trinajstić information content (AvgIpc) is 3.30. The van der Waals surface area contributed by atoms with Crippen LogP contribution >= 0.6 is 0 Å². The van der Waals surface area contributed by atoms with Crippen molar-refractivity contribution in [3.63, 3.8) is 0 Å². The Kier molecular flexibility index (Phi) is 8.59. The Bertz CT molecular complexity index is 1010. The van der Waals surface area contributed by atoms with Crippen molar-refractivity contribution in [1.82, 2.24) is 10.2 Å². The van der Waals surface area contributed by atoms with Gasteiger partial charge in [-0.3, -0.25) is 9.59 Å². The van der Waals surface area contributed by atoms with E-state index in [4.69, 9.17) is 15.6 Å². The quantitative estimate of drug-likeness (QED) is 0.489. The number of carbonyl (C=O) groups excluding carboxylic acids is 2. The van der Waals surface area contributed by atoms with Crippen molar-refractivity contribution in [2.75, 3.05) is 6.54 Å². The van der Waals surface area contributed by atoms with Gasteiger partial charge >= 0.3 is 5.97 Å². The van der Waals surface area contributed by atoms with Crippen LogP contribution in [0.5, 0.6) is 5.75 Å². The number of hydrogen-bond donors (Lipinski definition) is 3. The summed E-state index contributed by atoms with van der Waals surface area (Å²) in [6, 6.07) is 12.0. The van der Waals surface area contributed by atoms with Crippen LogP contribution in [0.15, 0.2) is 48.5 Å². The molecule has 0 spiro atoms. The van der Waals surface area contributed by atoms with Gasteiger partial charge in [-0.2, -0.15) is 0 Å². The molecule has 0 bridgehead atoms. The molecule has 2 unspecified atom stereocenters. The Hall–Kier alpha value is -3.46. The third-order valence-corrected chi connectivity index (χ3v) is 5.80. The highest BCUT2D eigenvalue weighted by molar-refractivity contribution is 5.88. The lowest BCUT2D eigenvalue weighted by molar-refractivity contribution is -0.144. The molecule has 9 heteroatoms. The lowest BCUT2D eigenvalue weighted by atomic mass is 10.0. The van der Waals surface area contributed by atoms with Gasteiger partial charge in [-0.1, -0.05) is 30.3 Å². The van der Waals surface area contributed by atoms with Gasteiger partial charge in [-0.05, 0) is 55.5 Å². The van der Waals surface area contributed by atoms with Gasteiger partial charge < -0.3 is 25.8 Å². The van der Waals surface area contributed by atoms with Gasteiger partial charge in [0.1, 0.15) is 17.6 Å². The standard InChI is InChI=1S/C25H30FN3O5/c1-16(25(32)33)34-20-10-8-17(9-11-20)15-28-24(31)22-7-4-12-29(22)23(30)14-19(27)13-18-5-2-3-6-21(18)26/h2-3,5-6,8-11,16,19,22H,4,7,12-15,27H2,1H3,(H,28,31)(H,32,33)/t16?,19?,22-/m0/s1. The Labute approximate surface area is 197 Å². The smallest absolute Gasteiger partial charge is 0.344 e. The van der Waals surface area contributed by atoms with E-state index >= 15 is 0 Å². The second-order valence-corrected chi connectivity index (χ2v) is 8.46. The van der Waals surface area contributed by atoms with Crippen molar-refractivity contribution in [3.05, 3.63) is 65.5 Å². The molecule has 1 aliphatic heterocycles. The minimum Gasteiger partial charge on any atom is -0.479 e. The summed E-state index contributed by atoms with van der Waals surface area (Å²) >= 11 is 0. The van der Waals surface area contributed by atoms with Crippen molar-refractivity contribution in [1.29, 1.82) is 0 Å². The molecule has 1 aliphatic rings. The van der Waals surface area contributed by atoms with Crippen LogP contribution in [0.4, 0.5) is 4.39 Å². The van der Waals surface area contributed by atoms with Gasteiger partial charge in [0.25, 0.3) is 0 Å². The zero-order valence-corrected chi connectivity index (χ0v) is 19.1. The van der Waals surface area contributed by atoms with E-state index in [1.165, 1.54) is 13.0 Å². The van der Waals surface area contributed by atoms with Crippen molar-refractivity contribution in [2.45, 2.75) is 57.3 Å². The molecule has 1 fully saturated rings. The van der Waals surface area contributed by atoms with Gasteiger partial charge in [0.15, 0.2) is 6.10 Å². The minimum absolute atomic E-state index is 0.0361. The number of benzene rings is 2. The summed E-state index contributed by atoms with van der Waals surface area (Å²) in [5, 5.41) is 11.8. The predicted octanol–water partition coefficient (Wildman–Crippen LogP) is 2.24. The highest BCUT2D eigenvalue weighted by atomic mass is 19.1. The fourth-order valence-electron chi connectivity index (χ4n) is 3.95. The van der Waals surface area contributed by atoms with Crippen molar-refractivity contribution in [3.8, 4) is 5.75 Å². The highest BCUT2D eigenvalue weighted by Crippen LogP contribution is 2.20.